The zero-order valence-corrected chi connectivity index (χ0v) is 16.6. The van der Waals surface area contributed by atoms with Crippen molar-refractivity contribution < 1.29 is 4.79 Å². The van der Waals surface area contributed by atoms with Crippen LogP contribution in [0.25, 0.3) is 0 Å². The van der Waals surface area contributed by atoms with Crippen molar-refractivity contribution in [1.82, 2.24) is 0 Å². The lowest BCUT2D eigenvalue weighted by molar-refractivity contribution is -0.123. The Bertz CT molecular complexity index is 670. The Kier molecular flexibility index (Phi) is 4.92. The third kappa shape index (κ3) is 4.22. The fourth-order valence-electron chi connectivity index (χ4n) is 4.61. The fourth-order valence-corrected chi connectivity index (χ4v) is 4.61. The van der Waals surface area contributed by atoms with Gasteiger partial charge in [-0.1, -0.05) is 45.0 Å². The van der Waals surface area contributed by atoms with Gasteiger partial charge in [0.25, 0.3) is 0 Å². The summed E-state index contributed by atoms with van der Waals surface area (Å²) >= 11 is 0. The van der Waals surface area contributed by atoms with Crippen molar-refractivity contribution >= 4 is 11.5 Å². The van der Waals surface area contributed by atoms with Crippen LogP contribution in [0, 0.1) is 17.3 Å². The summed E-state index contributed by atoms with van der Waals surface area (Å²) in [6, 6.07) is 8.47. The van der Waals surface area contributed by atoms with Crippen LogP contribution < -0.4 is 0 Å². The zero-order valence-electron chi connectivity index (χ0n) is 16.6. The van der Waals surface area contributed by atoms with E-state index in [1.165, 1.54) is 24.0 Å². The van der Waals surface area contributed by atoms with E-state index in [0.717, 1.165) is 30.9 Å². The quantitative estimate of drug-likeness (QED) is 0.702. The Morgan fingerprint density at radius 1 is 1.12 bits per heavy atom. The van der Waals surface area contributed by atoms with Crippen LogP contribution in [0.3, 0.4) is 0 Å². The second-order valence-corrected chi connectivity index (χ2v) is 9.76. The van der Waals surface area contributed by atoms with Crippen molar-refractivity contribution in [2.45, 2.75) is 78.7 Å². The van der Waals surface area contributed by atoms with Gasteiger partial charge in [-0.3, -0.25) is 9.79 Å². The molecule has 0 atom stereocenters. The third-order valence-electron chi connectivity index (χ3n) is 6.14. The molecule has 0 saturated heterocycles. The predicted molar refractivity (Wildman–Crippen MR) is 105 cm³/mol. The maximum atomic E-state index is 13.0. The van der Waals surface area contributed by atoms with E-state index in [1.54, 1.807) is 0 Å². The molecule has 0 unspecified atom stereocenters. The molecular formula is C23H33NO. The van der Waals surface area contributed by atoms with Gasteiger partial charge in [0.15, 0.2) is 0 Å². The number of benzene rings is 1. The summed E-state index contributed by atoms with van der Waals surface area (Å²) in [4.78, 5) is 17.9. The highest BCUT2D eigenvalue weighted by Crippen LogP contribution is 2.40. The largest absolute Gasteiger partial charge is 0.299 e. The molecule has 2 nitrogen and oxygen atoms in total. The van der Waals surface area contributed by atoms with Crippen molar-refractivity contribution in [2.75, 3.05) is 0 Å². The van der Waals surface area contributed by atoms with Gasteiger partial charge in [0.2, 0.25) is 0 Å². The highest BCUT2D eigenvalue weighted by atomic mass is 16.1. The molecule has 0 N–H and O–H groups in total. The van der Waals surface area contributed by atoms with Crippen LogP contribution >= 0.6 is 0 Å². The second kappa shape index (κ2) is 6.70. The van der Waals surface area contributed by atoms with Gasteiger partial charge in [0, 0.05) is 12.3 Å². The Labute approximate surface area is 153 Å². The van der Waals surface area contributed by atoms with E-state index in [-0.39, 0.29) is 11.5 Å². The van der Waals surface area contributed by atoms with Gasteiger partial charge in [-0.05, 0) is 68.4 Å². The summed E-state index contributed by atoms with van der Waals surface area (Å²) in [6.45, 7) is 11.3. The lowest BCUT2D eigenvalue weighted by Crippen LogP contribution is -2.32. The van der Waals surface area contributed by atoms with E-state index in [4.69, 9.17) is 4.99 Å². The molecule has 1 aliphatic heterocycles. The van der Waals surface area contributed by atoms with Gasteiger partial charge in [0.05, 0.1) is 11.3 Å². The number of hydrogen-bond acceptors (Lipinski definition) is 2. The Balaban J connectivity index is 1.70. The van der Waals surface area contributed by atoms with Crippen LogP contribution in [-0.2, 0) is 11.2 Å². The minimum Gasteiger partial charge on any atom is -0.299 e. The van der Waals surface area contributed by atoms with Gasteiger partial charge >= 0.3 is 0 Å². The third-order valence-corrected chi connectivity index (χ3v) is 6.14. The maximum absolute atomic E-state index is 13.0. The van der Waals surface area contributed by atoms with Crippen LogP contribution in [0.15, 0.2) is 29.3 Å². The van der Waals surface area contributed by atoms with Crippen LogP contribution in [-0.4, -0.2) is 17.0 Å². The lowest BCUT2D eigenvalue weighted by Gasteiger charge is -2.36. The standard InChI is InChI=1S/C23H33NO/c1-22(2,3)18-12-10-16(11-13-18)21(25)14-20-19-9-7-6-8-17(19)15-23(4,5)24-20/h6-9,16,18H,10-15H2,1-5H3. The number of rotatable bonds is 3. The Hall–Kier alpha value is -1.44. The summed E-state index contributed by atoms with van der Waals surface area (Å²) in [5.74, 6) is 1.39. The lowest BCUT2D eigenvalue weighted by atomic mass is 9.69. The monoisotopic (exact) mass is 339 g/mol. The first-order valence-corrected chi connectivity index (χ1v) is 9.85. The van der Waals surface area contributed by atoms with Gasteiger partial charge in [-0.25, -0.2) is 0 Å². The topological polar surface area (TPSA) is 29.4 Å². The Morgan fingerprint density at radius 2 is 1.76 bits per heavy atom. The molecule has 136 valence electrons. The molecule has 0 radical (unpaired) electrons. The minimum atomic E-state index is -0.103. The van der Waals surface area contributed by atoms with Gasteiger partial charge in [-0.2, -0.15) is 0 Å². The summed E-state index contributed by atoms with van der Waals surface area (Å²) < 4.78 is 0. The fraction of sp³-hybridized carbons (Fsp3) is 0.652. The first-order valence-electron chi connectivity index (χ1n) is 9.85. The smallest absolute Gasteiger partial charge is 0.141 e. The highest BCUT2D eigenvalue weighted by Gasteiger charge is 2.34. The number of ketones is 1. The van der Waals surface area contributed by atoms with Crippen LogP contribution in [0.5, 0.6) is 0 Å². The Morgan fingerprint density at radius 3 is 2.40 bits per heavy atom. The molecule has 2 heteroatoms. The second-order valence-electron chi connectivity index (χ2n) is 9.76. The average molecular weight is 340 g/mol. The van der Waals surface area contributed by atoms with E-state index in [0.29, 0.717) is 17.6 Å². The molecule has 0 bridgehead atoms. The minimum absolute atomic E-state index is 0.103. The van der Waals surface area contributed by atoms with Gasteiger partial charge < -0.3 is 0 Å². The molecule has 1 aliphatic carbocycles. The molecule has 3 rings (SSSR count). The first kappa shape index (κ1) is 18.4. The van der Waals surface area contributed by atoms with E-state index in [9.17, 15) is 4.79 Å². The number of carbonyl (C=O) groups is 1. The normalized spacial score (nSPS) is 25.9. The van der Waals surface area contributed by atoms with Crippen molar-refractivity contribution in [3.63, 3.8) is 0 Å². The molecule has 1 heterocycles. The van der Waals surface area contributed by atoms with Crippen LogP contribution in [0.2, 0.25) is 0 Å². The number of fused-ring (bicyclic) bond motifs is 1. The van der Waals surface area contributed by atoms with Gasteiger partial charge in [0.1, 0.15) is 5.78 Å². The number of hydrogen-bond donors (Lipinski definition) is 0. The highest BCUT2D eigenvalue weighted by molar-refractivity contribution is 6.13. The first-order chi connectivity index (χ1) is 11.7. The molecule has 25 heavy (non-hydrogen) atoms. The molecule has 1 fully saturated rings. The summed E-state index contributed by atoms with van der Waals surface area (Å²) in [6.07, 6.45) is 5.95. The number of carbonyl (C=O) groups excluding carboxylic acids is 1. The van der Waals surface area contributed by atoms with Crippen molar-refractivity contribution in [3.8, 4) is 0 Å². The van der Waals surface area contributed by atoms with Crippen molar-refractivity contribution in [1.29, 1.82) is 0 Å². The van der Waals surface area contributed by atoms with Crippen LogP contribution in [0.4, 0.5) is 0 Å². The van der Waals surface area contributed by atoms with E-state index in [2.05, 4.69) is 58.9 Å². The number of aliphatic imine (C=N–C) groups is 1. The number of Topliss-reactive ketones (excluding diaryl/α,β-unsaturated/α-hetero) is 1. The summed E-state index contributed by atoms with van der Waals surface area (Å²) in [7, 11) is 0. The molecule has 2 aliphatic rings. The van der Waals surface area contributed by atoms with Crippen LogP contribution in [0.1, 0.15) is 77.8 Å². The van der Waals surface area contributed by atoms with Gasteiger partial charge in [-0.15, -0.1) is 0 Å². The molecule has 1 aromatic rings. The molecule has 1 aromatic carbocycles. The molecule has 1 saturated carbocycles. The average Bonchev–Trinajstić information content (AvgIpc) is 2.53. The summed E-state index contributed by atoms with van der Waals surface area (Å²) in [5.41, 5.74) is 3.80. The molecule has 0 aromatic heterocycles. The number of nitrogens with zero attached hydrogens (tertiary/aromatic N) is 1. The molecule has 0 spiro atoms. The van der Waals surface area contributed by atoms with E-state index >= 15 is 0 Å². The van der Waals surface area contributed by atoms with Crippen molar-refractivity contribution in [3.05, 3.63) is 35.4 Å². The van der Waals surface area contributed by atoms with E-state index < -0.39 is 0 Å². The zero-order chi connectivity index (χ0) is 18.2. The maximum Gasteiger partial charge on any atom is 0.141 e. The predicted octanol–water partition coefficient (Wildman–Crippen LogP) is 5.62. The SMILES string of the molecule is CC1(C)Cc2ccccc2C(CC(=O)C2CCC(C(C)(C)C)CC2)=N1. The van der Waals surface area contributed by atoms with E-state index in [1.807, 2.05) is 0 Å². The molecule has 0 amide bonds. The van der Waals surface area contributed by atoms with Crippen molar-refractivity contribution in [2.24, 2.45) is 22.2 Å². The summed E-state index contributed by atoms with van der Waals surface area (Å²) in [5, 5.41) is 0. The molecular weight excluding hydrogens is 306 g/mol.